The van der Waals surface area contributed by atoms with Crippen LogP contribution >= 0.6 is 0 Å². The summed E-state index contributed by atoms with van der Waals surface area (Å²) in [6.07, 6.45) is 3.58. The molecule has 4 amide bonds. The second-order valence-corrected chi connectivity index (χ2v) is 6.80. The number of carbonyl (C=O) groups is 4. The summed E-state index contributed by atoms with van der Waals surface area (Å²) >= 11 is 0. The first-order chi connectivity index (χ1) is 12.5. The Bertz CT molecular complexity index is 760. The van der Waals surface area contributed by atoms with Crippen molar-refractivity contribution in [3.05, 3.63) is 29.8 Å². The van der Waals surface area contributed by atoms with Crippen molar-refractivity contribution in [1.82, 2.24) is 9.80 Å². The van der Waals surface area contributed by atoms with Crippen molar-refractivity contribution >= 4 is 23.6 Å². The summed E-state index contributed by atoms with van der Waals surface area (Å²) in [5, 5.41) is 0. The molecule has 138 valence electrons. The van der Waals surface area contributed by atoms with Gasteiger partial charge in [-0.15, -0.1) is 0 Å². The zero-order chi connectivity index (χ0) is 18.8. The zero-order valence-electron chi connectivity index (χ0n) is 14.9. The van der Waals surface area contributed by atoms with E-state index in [9.17, 15) is 19.2 Å². The van der Waals surface area contributed by atoms with E-state index in [0.717, 1.165) is 29.1 Å². The molecule has 0 radical (unpaired) electrons. The minimum Gasteiger partial charge on any atom is -0.496 e. The standard InChI is InChI=1S/C19H22N2O5/c1-12-7-3-5-9-14(12)21-18(24)17(23)20(19(21)25)11-15(22)13-8-4-6-10-16(13)26-2/h4,6,8,10,12,14H,3,5,7,9,11H2,1-2H3/t12-,14-/m0/s1. The molecule has 7 nitrogen and oxygen atoms in total. The minimum atomic E-state index is -0.934. The molecule has 0 aromatic heterocycles. The molecule has 1 heterocycles. The molecule has 0 bridgehead atoms. The molecule has 0 unspecified atom stereocenters. The highest BCUT2D eigenvalue weighted by Gasteiger charge is 2.49. The van der Waals surface area contributed by atoms with E-state index in [1.165, 1.54) is 7.11 Å². The van der Waals surface area contributed by atoms with Gasteiger partial charge in [0.05, 0.1) is 19.2 Å². The van der Waals surface area contributed by atoms with Crippen molar-refractivity contribution < 1.29 is 23.9 Å². The predicted octanol–water partition coefficient (Wildman–Crippen LogP) is 2.25. The molecule has 26 heavy (non-hydrogen) atoms. The van der Waals surface area contributed by atoms with Gasteiger partial charge in [0.15, 0.2) is 5.78 Å². The Morgan fingerprint density at radius 1 is 1.12 bits per heavy atom. The summed E-state index contributed by atoms with van der Waals surface area (Å²) in [5.41, 5.74) is 0.271. The van der Waals surface area contributed by atoms with Crippen molar-refractivity contribution in [2.75, 3.05) is 13.7 Å². The first-order valence-electron chi connectivity index (χ1n) is 8.81. The van der Waals surface area contributed by atoms with Crippen molar-refractivity contribution in [3.8, 4) is 5.75 Å². The number of methoxy groups -OCH3 is 1. The number of hydrogen-bond donors (Lipinski definition) is 0. The third kappa shape index (κ3) is 3.09. The van der Waals surface area contributed by atoms with Crippen LogP contribution in [0.25, 0.3) is 0 Å². The Balaban J connectivity index is 1.80. The Morgan fingerprint density at radius 2 is 1.81 bits per heavy atom. The Kier molecular flexibility index (Phi) is 5.06. The zero-order valence-corrected chi connectivity index (χ0v) is 14.9. The third-order valence-corrected chi connectivity index (χ3v) is 5.19. The maximum absolute atomic E-state index is 12.7. The van der Waals surface area contributed by atoms with Gasteiger partial charge >= 0.3 is 17.8 Å². The largest absolute Gasteiger partial charge is 0.496 e. The minimum absolute atomic E-state index is 0.148. The molecular weight excluding hydrogens is 336 g/mol. The van der Waals surface area contributed by atoms with Crippen LogP contribution in [-0.2, 0) is 9.59 Å². The van der Waals surface area contributed by atoms with Gasteiger partial charge in [-0.05, 0) is 30.9 Å². The fraction of sp³-hybridized carbons (Fsp3) is 0.474. The highest BCUT2D eigenvalue weighted by molar-refractivity contribution is 6.45. The van der Waals surface area contributed by atoms with Gasteiger partial charge in [0.2, 0.25) is 0 Å². The first kappa shape index (κ1) is 18.1. The van der Waals surface area contributed by atoms with Gasteiger partial charge in [0.1, 0.15) is 5.75 Å². The number of benzene rings is 1. The lowest BCUT2D eigenvalue weighted by molar-refractivity contribution is -0.144. The second-order valence-electron chi connectivity index (χ2n) is 6.80. The van der Waals surface area contributed by atoms with Crippen LogP contribution in [0.3, 0.4) is 0 Å². The number of rotatable bonds is 5. The number of ketones is 1. The van der Waals surface area contributed by atoms with E-state index in [4.69, 9.17) is 4.74 Å². The van der Waals surface area contributed by atoms with Gasteiger partial charge in [0.25, 0.3) is 0 Å². The summed E-state index contributed by atoms with van der Waals surface area (Å²) in [6.45, 7) is 1.51. The molecule has 1 saturated heterocycles. The van der Waals surface area contributed by atoms with E-state index < -0.39 is 30.2 Å². The van der Waals surface area contributed by atoms with E-state index in [-0.39, 0.29) is 17.5 Å². The number of amides is 4. The number of carbonyl (C=O) groups excluding carboxylic acids is 4. The molecular formula is C19H22N2O5. The Labute approximate surface area is 151 Å². The van der Waals surface area contributed by atoms with Gasteiger partial charge in [-0.2, -0.15) is 0 Å². The SMILES string of the molecule is COc1ccccc1C(=O)CN1C(=O)C(=O)N([C@H]2CCCC[C@@H]2C)C1=O. The van der Waals surface area contributed by atoms with Crippen LogP contribution < -0.4 is 4.74 Å². The topological polar surface area (TPSA) is 84.0 Å². The van der Waals surface area contributed by atoms with Crippen molar-refractivity contribution in [2.45, 2.75) is 38.6 Å². The van der Waals surface area contributed by atoms with Crippen LogP contribution in [0, 0.1) is 5.92 Å². The van der Waals surface area contributed by atoms with Gasteiger partial charge in [0, 0.05) is 6.04 Å². The quantitative estimate of drug-likeness (QED) is 0.458. The number of nitrogens with zero attached hydrogens (tertiary/aromatic N) is 2. The van der Waals surface area contributed by atoms with Crippen LogP contribution in [-0.4, -0.2) is 53.1 Å². The Morgan fingerprint density at radius 3 is 2.50 bits per heavy atom. The predicted molar refractivity (Wildman–Crippen MR) is 92.7 cm³/mol. The summed E-state index contributed by atoms with van der Waals surface area (Å²) in [6, 6.07) is 5.61. The summed E-state index contributed by atoms with van der Waals surface area (Å²) in [4.78, 5) is 51.8. The number of para-hydroxylation sites is 1. The van der Waals surface area contributed by atoms with E-state index >= 15 is 0 Å². The van der Waals surface area contributed by atoms with Gasteiger partial charge in [-0.3, -0.25) is 19.3 Å². The lowest BCUT2D eigenvalue weighted by Crippen LogP contribution is -2.46. The lowest BCUT2D eigenvalue weighted by Gasteiger charge is -2.34. The highest BCUT2D eigenvalue weighted by Crippen LogP contribution is 2.31. The maximum Gasteiger partial charge on any atom is 0.334 e. The number of urea groups is 1. The second kappa shape index (κ2) is 7.27. The molecule has 2 aliphatic rings. The molecule has 0 spiro atoms. The monoisotopic (exact) mass is 358 g/mol. The van der Waals surface area contributed by atoms with Crippen LogP contribution in [0.5, 0.6) is 5.75 Å². The van der Waals surface area contributed by atoms with Crippen LogP contribution in [0.15, 0.2) is 24.3 Å². The molecule has 0 N–H and O–H groups in total. The molecule has 2 fully saturated rings. The average Bonchev–Trinajstić information content (AvgIpc) is 2.85. The highest BCUT2D eigenvalue weighted by atomic mass is 16.5. The fourth-order valence-electron chi connectivity index (χ4n) is 3.74. The van der Waals surface area contributed by atoms with Crippen LogP contribution in [0.1, 0.15) is 43.0 Å². The van der Waals surface area contributed by atoms with Crippen molar-refractivity contribution in [3.63, 3.8) is 0 Å². The molecule has 3 rings (SSSR count). The van der Waals surface area contributed by atoms with Gasteiger partial charge in [-0.25, -0.2) is 9.69 Å². The third-order valence-electron chi connectivity index (χ3n) is 5.19. The van der Waals surface area contributed by atoms with E-state index in [1.54, 1.807) is 24.3 Å². The van der Waals surface area contributed by atoms with Crippen molar-refractivity contribution in [1.29, 1.82) is 0 Å². The Hall–Kier alpha value is -2.70. The smallest absolute Gasteiger partial charge is 0.334 e. The lowest BCUT2D eigenvalue weighted by atomic mass is 9.85. The summed E-state index contributed by atoms with van der Waals surface area (Å²) in [7, 11) is 1.44. The number of imide groups is 2. The molecule has 1 aliphatic carbocycles. The van der Waals surface area contributed by atoms with E-state index in [2.05, 4.69) is 0 Å². The van der Waals surface area contributed by atoms with Crippen LogP contribution in [0.2, 0.25) is 0 Å². The molecule has 1 saturated carbocycles. The number of hydrogen-bond acceptors (Lipinski definition) is 5. The van der Waals surface area contributed by atoms with Crippen molar-refractivity contribution in [2.24, 2.45) is 5.92 Å². The molecule has 1 aromatic carbocycles. The molecule has 7 heteroatoms. The normalized spacial score (nSPS) is 23.5. The fourth-order valence-corrected chi connectivity index (χ4v) is 3.74. The number of Topliss-reactive ketones (excluding diaryl/α,β-unsaturated/α-hetero) is 1. The van der Waals surface area contributed by atoms with Crippen LogP contribution in [0.4, 0.5) is 4.79 Å². The average molecular weight is 358 g/mol. The molecule has 1 aliphatic heterocycles. The van der Waals surface area contributed by atoms with E-state index in [1.807, 2.05) is 6.92 Å². The summed E-state index contributed by atoms with van der Waals surface area (Å²) < 4.78 is 5.15. The van der Waals surface area contributed by atoms with E-state index in [0.29, 0.717) is 12.2 Å². The molecule has 1 aromatic rings. The number of ether oxygens (including phenoxy) is 1. The first-order valence-corrected chi connectivity index (χ1v) is 8.81. The maximum atomic E-state index is 12.7. The van der Waals surface area contributed by atoms with Gasteiger partial charge < -0.3 is 4.74 Å². The molecule has 2 atom stereocenters. The van der Waals surface area contributed by atoms with Gasteiger partial charge in [-0.1, -0.05) is 31.9 Å². The summed E-state index contributed by atoms with van der Waals surface area (Å²) in [5.74, 6) is -1.71.